The Morgan fingerprint density at radius 1 is 0.944 bits per heavy atom. The van der Waals surface area contributed by atoms with Gasteiger partial charge >= 0.3 is 29.6 Å². The summed E-state index contributed by atoms with van der Waals surface area (Å²) >= 11 is 0. The predicted octanol–water partition coefficient (Wildman–Crippen LogP) is 0.332. The van der Waals surface area contributed by atoms with Crippen LogP contribution in [0.15, 0.2) is 18.2 Å². The Balaban J connectivity index is 0.000000748. The second kappa shape index (κ2) is 15.3. The summed E-state index contributed by atoms with van der Waals surface area (Å²) in [6.45, 7) is 3.83. The maximum atomic E-state index is 11.2. The van der Waals surface area contributed by atoms with Crippen LogP contribution in [0.3, 0.4) is 0 Å². The van der Waals surface area contributed by atoms with E-state index in [4.69, 9.17) is 24.8 Å². The lowest BCUT2D eigenvalue weighted by molar-refractivity contribution is -0.393. The van der Waals surface area contributed by atoms with E-state index >= 15 is 0 Å². The first-order chi connectivity index (χ1) is 16.7. The average Bonchev–Trinajstić information content (AvgIpc) is 2.78. The summed E-state index contributed by atoms with van der Waals surface area (Å²) in [6, 6.07) is 3.15. The topological polar surface area (TPSA) is 247 Å². The van der Waals surface area contributed by atoms with Gasteiger partial charge in [0.1, 0.15) is 12.3 Å². The number of non-ortho nitro benzene ring substituents is 1. The first-order valence-electron chi connectivity index (χ1n) is 9.73. The molecule has 17 heteroatoms. The van der Waals surface area contributed by atoms with Gasteiger partial charge in [-0.2, -0.15) is 0 Å². The van der Waals surface area contributed by atoms with Gasteiger partial charge in [-0.3, -0.25) is 50.0 Å². The number of carbonyl (C=O) groups is 5. The van der Waals surface area contributed by atoms with E-state index in [-0.39, 0.29) is 17.7 Å². The normalized spacial score (nSPS) is 12.2. The molecular weight excluding hydrogens is 492 g/mol. The SMILES string of the molecule is CC(=O)OC[C@@H](OC(C)=O)[C@H](OC(C)=O)[C@@H](C=O)OC(C)=O.NNc1ccc([N+](=O)[O-])cc1[N+](=O)[O-]. The van der Waals surface area contributed by atoms with Gasteiger partial charge in [0.05, 0.1) is 15.9 Å². The van der Waals surface area contributed by atoms with Gasteiger partial charge in [0.25, 0.3) is 5.69 Å². The number of nitrogens with one attached hydrogen (secondary N) is 1. The number of nitro groups is 2. The quantitative estimate of drug-likeness (QED) is 0.100. The molecule has 0 bridgehead atoms. The third-order valence-corrected chi connectivity index (χ3v) is 3.74. The Morgan fingerprint density at radius 3 is 1.89 bits per heavy atom. The molecule has 198 valence electrons. The Bertz CT molecular complexity index is 998. The highest BCUT2D eigenvalue weighted by molar-refractivity contribution is 5.72. The lowest BCUT2D eigenvalue weighted by atomic mass is 10.1. The average molecular weight is 516 g/mol. The molecule has 0 unspecified atom stereocenters. The number of hydrazine groups is 1. The number of ether oxygens (including phenoxy) is 4. The van der Waals surface area contributed by atoms with E-state index in [1.54, 1.807) is 0 Å². The van der Waals surface area contributed by atoms with Crippen LogP contribution in [0, 0.1) is 20.2 Å². The van der Waals surface area contributed by atoms with E-state index in [0.717, 1.165) is 39.8 Å². The summed E-state index contributed by atoms with van der Waals surface area (Å²) in [7, 11) is 0. The summed E-state index contributed by atoms with van der Waals surface area (Å²) in [5, 5.41) is 20.7. The highest BCUT2D eigenvalue weighted by Gasteiger charge is 2.37. The second-order valence-electron chi connectivity index (χ2n) is 6.59. The summed E-state index contributed by atoms with van der Waals surface area (Å²) in [6.07, 6.45) is -4.04. The Kier molecular flexibility index (Phi) is 13.3. The minimum atomic E-state index is -1.51. The number of hydrogen-bond acceptors (Lipinski definition) is 15. The number of anilines is 1. The van der Waals surface area contributed by atoms with Crippen molar-refractivity contribution in [3.8, 4) is 0 Å². The minimum absolute atomic E-state index is 0.0283. The number of nitrogen functional groups attached to an aromatic ring is 1. The standard InChI is InChI=1S/C13H18O9.C6H6N4O4/c1-7(15)19-6-12(21-9(3)17)13(22-10(4)18)11(5-14)20-8(2)16;7-8-5-2-1-4(9(11)12)3-6(5)10(13)14/h5,11-13H,6H2,1-4H3;1-3,8H,7H2/t11-,12-,13-;/m1./s1. The molecule has 0 spiro atoms. The smallest absolute Gasteiger partial charge is 0.303 e. The number of aldehydes is 1. The molecule has 0 aliphatic rings. The number of nitro benzene ring substituents is 2. The lowest BCUT2D eigenvalue weighted by Gasteiger charge is -2.28. The zero-order valence-electron chi connectivity index (χ0n) is 19.5. The van der Waals surface area contributed by atoms with Crippen molar-refractivity contribution in [2.45, 2.75) is 46.0 Å². The third-order valence-electron chi connectivity index (χ3n) is 3.74. The van der Waals surface area contributed by atoms with Gasteiger partial charge in [0, 0.05) is 33.8 Å². The van der Waals surface area contributed by atoms with Crippen LogP contribution in [0.5, 0.6) is 0 Å². The number of esters is 4. The fourth-order valence-corrected chi connectivity index (χ4v) is 2.43. The van der Waals surface area contributed by atoms with Crippen LogP contribution in [0.4, 0.5) is 17.1 Å². The molecule has 17 nitrogen and oxygen atoms in total. The molecule has 0 fully saturated rings. The second-order valence-corrected chi connectivity index (χ2v) is 6.59. The maximum Gasteiger partial charge on any atom is 0.303 e. The van der Waals surface area contributed by atoms with Gasteiger partial charge in [-0.25, -0.2) is 0 Å². The highest BCUT2D eigenvalue weighted by atomic mass is 16.6. The van der Waals surface area contributed by atoms with E-state index in [1.165, 1.54) is 6.07 Å². The Labute approximate surface area is 203 Å². The van der Waals surface area contributed by atoms with Crippen molar-refractivity contribution in [1.29, 1.82) is 0 Å². The fourth-order valence-electron chi connectivity index (χ4n) is 2.43. The molecule has 1 aromatic rings. The molecule has 0 aliphatic carbocycles. The van der Waals surface area contributed by atoms with Crippen LogP contribution in [0.2, 0.25) is 0 Å². The Hall–Kier alpha value is -4.67. The maximum absolute atomic E-state index is 11.2. The van der Waals surface area contributed by atoms with E-state index in [9.17, 15) is 44.2 Å². The molecule has 0 amide bonds. The van der Waals surface area contributed by atoms with Crippen molar-refractivity contribution >= 4 is 47.2 Å². The van der Waals surface area contributed by atoms with Gasteiger partial charge < -0.3 is 24.4 Å². The molecule has 0 radical (unpaired) electrons. The number of carbonyl (C=O) groups excluding carboxylic acids is 5. The van der Waals surface area contributed by atoms with E-state index in [0.29, 0.717) is 0 Å². The summed E-state index contributed by atoms with van der Waals surface area (Å²) in [5.74, 6) is 1.95. The monoisotopic (exact) mass is 516 g/mol. The van der Waals surface area contributed by atoms with Gasteiger partial charge in [0.15, 0.2) is 24.6 Å². The first-order valence-corrected chi connectivity index (χ1v) is 9.73. The van der Waals surface area contributed by atoms with E-state index in [1.807, 2.05) is 0 Å². The highest BCUT2D eigenvalue weighted by Crippen LogP contribution is 2.27. The van der Waals surface area contributed by atoms with Crippen LogP contribution in [-0.4, -0.2) is 64.9 Å². The van der Waals surface area contributed by atoms with Gasteiger partial charge in [0.2, 0.25) is 0 Å². The van der Waals surface area contributed by atoms with Crippen LogP contribution in [0.1, 0.15) is 27.7 Å². The Morgan fingerprint density at radius 2 is 1.50 bits per heavy atom. The van der Waals surface area contributed by atoms with Crippen molar-refractivity contribution in [2.75, 3.05) is 12.0 Å². The predicted molar refractivity (Wildman–Crippen MR) is 117 cm³/mol. The summed E-state index contributed by atoms with van der Waals surface area (Å²) in [5.41, 5.74) is 1.33. The first kappa shape index (κ1) is 31.3. The van der Waals surface area contributed by atoms with E-state index in [2.05, 4.69) is 5.43 Å². The zero-order chi connectivity index (χ0) is 28.0. The molecule has 0 heterocycles. The molecule has 3 N–H and O–H groups in total. The molecule has 36 heavy (non-hydrogen) atoms. The van der Waals surface area contributed by atoms with Crippen molar-refractivity contribution < 1.29 is 52.8 Å². The lowest BCUT2D eigenvalue weighted by Crippen LogP contribution is -2.48. The fraction of sp³-hybridized carbons (Fsp3) is 0.421. The van der Waals surface area contributed by atoms with E-state index < -0.39 is 64.3 Å². The van der Waals surface area contributed by atoms with Gasteiger partial charge in [-0.1, -0.05) is 0 Å². The van der Waals surface area contributed by atoms with Gasteiger partial charge in [-0.15, -0.1) is 0 Å². The van der Waals surface area contributed by atoms with Crippen molar-refractivity contribution in [3.63, 3.8) is 0 Å². The third kappa shape index (κ3) is 11.5. The largest absolute Gasteiger partial charge is 0.462 e. The molecule has 3 atom stereocenters. The van der Waals surface area contributed by atoms with Crippen molar-refractivity contribution in [1.82, 2.24) is 0 Å². The molecular formula is C19H24N4O13. The molecule has 0 aromatic heterocycles. The summed E-state index contributed by atoms with van der Waals surface area (Å²) in [4.78, 5) is 74.5. The van der Waals surface area contributed by atoms with Gasteiger partial charge in [-0.05, 0) is 6.07 Å². The number of nitrogens with two attached hydrogens (primary N) is 1. The summed E-state index contributed by atoms with van der Waals surface area (Å²) < 4.78 is 19.2. The molecule has 1 aromatic carbocycles. The van der Waals surface area contributed by atoms with Crippen LogP contribution in [-0.2, 0) is 42.9 Å². The number of hydrogen-bond donors (Lipinski definition) is 2. The van der Waals surface area contributed by atoms with Crippen LogP contribution in [0.25, 0.3) is 0 Å². The number of rotatable bonds is 11. The van der Waals surface area contributed by atoms with Crippen LogP contribution < -0.4 is 11.3 Å². The number of nitrogens with zero attached hydrogens (tertiary/aromatic N) is 2. The molecule has 1 rings (SSSR count). The minimum Gasteiger partial charge on any atom is -0.462 e. The molecule has 0 saturated carbocycles. The number of benzene rings is 1. The van der Waals surface area contributed by atoms with Crippen molar-refractivity contribution in [3.05, 3.63) is 38.4 Å². The zero-order valence-corrected chi connectivity index (χ0v) is 19.5. The van der Waals surface area contributed by atoms with Crippen LogP contribution >= 0.6 is 0 Å². The van der Waals surface area contributed by atoms with Crippen molar-refractivity contribution in [2.24, 2.45) is 5.84 Å². The molecule has 0 saturated heterocycles. The molecule has 0 aliphatic heterocycles.